The lowest BCUT2D eigenvalue weighted by molar-refractivity contribution is 0.00333. The van der Waals surface area contributed by atoms with Crippen LogP contribution in [0.15, 0.2) is 18.2 Å². The molecule has 0 atom stereocenters. The van der Waals surface area contributed by atoms with Crippen molar-refractivity contribution in [2.45, 2.75) is 26.4 Å². The van der Waals surface area contributed by atoms with Crippen molar-refractivity contribution < 1.29 is 9.13 Å². The number of nitrogens with zero attached hydrogens (tertiary/aromatic N) is 1. The predicted molar refractivity (Wildman–Crippen MR) is 65.3 cm³/mol. The molecule has 0 aliphatic heterocycles. The van der Waals surface area contributed by atoms with Crippen LogP contribution in [-0.2, 0) is 4.74 Å². The molecule has 0 unspecified atom stereocenters. The van der Waals surface area contributed by atoms with Gasteiger partial charge in [-0.05, 0) is 32.9 Å². The third kappa shape index (κ3) is 4.41. The van der Waals surface area contributed by atoms with E-state index >= 15 is 0 Å². The largest absolute Gasteiger partial charge is 0.382 e. The maximum Gasteiger partial charge on any atom is 0.143 e. The van der Waals surface area contributed by atoms with E-state index in [9.17, 15) is 4.39 Å². The molecule has 1 aromatic carbocycles. The van der Waals surface area contributed by atoms with Crippen LogP contribution in [0.2, 0.25) is 0 Å². The van der Waals surface area contributed by atoms with E-state index in [1.165, 1.54) is 6.07 Å². The number of benzene rings is 1. The van der Waals surface area contributed by atoms with Crippen LogP contribution in [0.1, 0.15) is 26.3 Å². The molecular formula is C13H17FN2O. The number of anilines is 1. The summed E-state index contributed by atoms with van der Waals surface area (Å²) in [5.41, 5.74) is 0.357. The van der Waals surface area contributed by atoms with Gasteiger partial charge in [-0.15, -0.1) is 0 Å². The number of hydrogen-bond acceptors (Lipinski definition) is 3. The number of ether oxygens (including phenoxy) is 1. The molecule has 0 bridgehead atoms. The van der Waals surface area contributed by atoms with Crippen molar-refractivity contribution in [3.05, 3.63) is 29.6 Å². The van der Waals surface area contributed by atoms with Crippen molar-refractivity contribution >= 4 is 5.69 Å². The normalized spacial score (nSPS) is 11.0. The molecule has 3 nitrogen and oxygen atoms in total. The standard InChI is InChI=1S/C13H17FN2O/c1-13(2,3)17-8-7-16-12-6-4-5-11(14)10(12)9-15/h4-6,16H,7-8H2,1-3H3. The highest BCUT2D eigenvalue weighted by Crippen LogP contribution is 2.17. The van der Waals surface area contributed by atoms with Gasteiger partial charge in [0.2, 0.25) is 0 Å². The molecule has 1 N–H and O–H groups in total. The van der Waals surface area contributed by atoms with Gasteiger partial charge in [0.1, 0.15) is 17.4 Å². The predicted octanol–water partition coefficient (Wildman–Crippen LogP) is 2.92. The molecule has 0 aliphatic rings. The highest BCUT2D eigenvalue weighted by Gasteiger charge is 2.10. The highest BCUT2D eigenvalue weighted by atomic mass is 19.1. The van der Waals surface area contributed by atoms with E-state index in [1.54, 1.807) is 12.1 Å². The van der Waals surface area contributed by atoms with Crippen LogP contribution in [0, 0.1) is 17.1 Å². The van der Waals surface area contributed by atoms with E-state index < -0.39 is 5.82 Å². The minimum Gasteiger partial charge on any atom is -0.382 e. The molecular weight excluding hydrogens is 219 g/mol. The van der Waals surface area contributed by atoms with Crippen molar-refractivity contribution in [3.63, 3.8) is 0 Å². The molecule has 1 aromatic rings. The first kappa shape index (κ1) is 13.5. The fourth-order valence-electron chi connectivity index (χ4n) is 1.33. The zero-order valence-corrected chi connectivity index (χ0v) is 10.4. The van der Waals surface area contributed by atoms with Crippen molar-refractivity contribution in [1.29, 1.82) is 5.26 Å². The average molecular weight is 236 g/mol. The Kier molecular flexibility index (Phi) is 4.47. The SMILES string of the molecule is CC(C)(C)OCCNc1cccc(F)c1C#N. The molecule has 0 radical (unpaired) electrons. The topological polar surface area (TPSA) is 45.0 Å². The summed E-state index contributed by atoms with van der Waals surface area (Å²) in [4.78, 5) is 0. The Balaban J connectivity index is 2.53. The molecule has 1 rings (SSSR count). The molecule has 17 heavy (non-hydrogen) atoms. The lowest BCUT2D eigenvalue weighted by atomic mass is 10.2. The number of hydrogen-bond donors (Lipinski definition) is 1. The Morgan fingerprint density at radius 3 is 2.71 bits per heavy atom. The molecule has 0 spiro atoms. The Morgan fingerprint density at radius 2 is 2.12 bits per heavy atom. The van der Waals surface area contributed by atoms with E-state index in [-0.39, 0.29) is 11.2 Å². The summed E-state index contributed by atoms with van der Waals surface area (Å²) in [7, 11) is 0. The van der Waals surface area contributed by atoms with Crippen LogP contribution in [0.5, 0.6) is 0 Å². The molecule has 0 aromatic heterocycles. The van der Waals surface area contributed by atoms with E-state index in [2.05, 4.69) is 5.32 Å². The summed E-state index contributed by atoms with van der Waals surface area (Å²) < 4.78 is 18.8. The molecule has 92 valence electrons. The Bertz CT molecular complexity index is 418. The summed E-state index contributed by atoms with van der Waals surface area (Å²) in [5, 5.41) is 11.8. The van der Waals surface area contributed by atoms with Gasteiger partial charge in [0.05, 0.1) is 17.9 Å². The molecule has 0 aliphatic carbocycles. The van der Waals surface area contributed by atoms with Crippen LogP contribution >= 0.6 is 0 Å². The zero-order chi connectivity index (χ0) is 12.9. The highest BCUT2D eigenvalue weighted by molar-refractivity contribution is 5.57. The van der Waals surface area contributed by atoms with Crippen LogP contribution in [0.25, 0.3) is 0 Å². The summed E-state index contributed by atoms with van der Waals surface area (Å²) in [6, 6.07) is 6.37. The maximum absolute atomic E-state index is 13.3. The molecule has 0 saturated heterocycles. The first-order chi connectivity index (χ1) is 7.94. The fourth-order valence-corrected chi connectivity index (χ4v) is 1.33. The summed E-state index contributed by atoms with van der Waals surface area (Å²) in [6.45, 7) is 6.95. The second-order valence-corrected chi connectivity index (χ2v) is 4.66. The summed E-state index contributed by atoms with van der Waals surface area (Å²) in [6.07, 6.45) is 0. The monoisotopic (exact) mass is 236 g/mol. The van der Waals surface area contributed by atoms with Crippen LogP contribution < -0.4 is 5.32 Å². The molecule has 0 amide bonds. The lowest BCUT2D eigenvalue weighted by Crippen LogP contribution is -2.23. The van der Waals surface area contributed by atoms with Crippen LogP contribution in [0.3, 0.4) is 0 Å². The quantitative estimate of drug-likeness (QED) is 0.817. The van der Waals surface area contributed by atoms with Gasteiger partial charge in [-0.3, -0.25) is 0 Å². The van der Waals surface area contributed by atoms with Crippen LogP contribution in [-0.4, -0.2) is 18.8 Å². The Labute approximate surface area is 101 Å². The van der Waals surface area contributed by atoms with Gasteiger partial charge in [-0.2, -0.15) is 5.26 Å². The van der Waals surface area contributed by atoms with Gasteiger partial charge in [-0.1, -0.05) is 6.07 Å². The Hall–Kier alpha value is -1.60. The number of nitriles is 1. The van der Waals surface area contributed by atoms with Gasteiger partial charge in [0, 0.05) is 6.54 Å². The second kappa shape index (κ2) is 5.65. The minimum atomic E-state index is -0.505. The van der Waals surface area contributed by atoms with Gasteiger partial charge >= 0.3 is 0 Å². The maximum atomic E-state index is 13.3. The van der Waals surface area contributed by atoms with Crippen LogP contribution in [0.4, 0.5) is 10.1 Å². The third-order valence-electron chi connectivity index (χ3n) is 2.08. The second-order valence-electron chi connectivity index (χ2n) is 4.66. The van der Waals surface area contributed by atoms with Crippen molar-refractivity contribution in [3.8, 4) is 6.07 Å². The summed E-state index contributed by atoms with van der Waals surface area (Å²) >= 11 is 0. The van der Waals surface area contributed by atoms with Crippen molar-refractivity contribution in [1.82, 2.24) is 0 Å². The summed E-state index contributed by atoms with van der Waals surface area (Å²) in [5.74, 6) is -0.505. The number of halogens is 1. The van der Waals surface area contributed by atoms with Crippen molar-refractivity contribution in [2.75, 3.05) is 18.5 Å². The van der Waals surface area contributed by atoms with E-state index in [4.69, 9.17) is 10.00 Å². The number of rotatable bonds is 4. The minimum absolute atomic E-state index is 0.0447. The smallest absolute Gasteiger partial charge is 0.143 e. The van der Waals surface area contributed by atoms with Gasteiger partial charge in [-0.25, -0.2) is 4.39 Å². The molecule has 0 saturated carbocycles. The van der Waals surface area contributed by atoms with Crippen molar-refractivity contribution in [2.24, 2.45) is 0 Å². The fraction of sp³-hybridized carbons (Fsp3) is 0.462. The van der Waals surface area contributed by atoms with Gasteiger partial charge < -0.3 is 10.1 Å². The average Bonchev–Trinajstić information content (AvgIpc) is 2.23. The van der Waals surface area contributed by atoms with E-state index in [0.717, 1.165) is 0 Å². The molecule has 0 fully saturated rings. The number of nitrogens with one attached hydrogen (secondary N) is 1. The Morgan fingerprint density at radius 1 is 1.41 bits per heavy atom. The van der Waals surface area contributed by atoms with E-state index in [0.29, 0.717) is 18.8 Å². The zero-order valence-electron chi connectivity index (χ0n) is 10.4. The molecule has 4 heteroatoms. The van der Waals surface area contributed by atoms with Gasteiger partial charge in [0.15, 0.2) is 0 Å². The van der Waals surface area contributed by atoms with E-state index in [1.807, 2.05) is 26.8 Å². The lowest BCUT2D eigenvalue weighted by Gasteiger charge is -2.19. The third-order valence-corrected chi connectivity index (χ3v) is 2.08. The first-order valence-corrected chi connectivity index (χ1v) is 5.50. The van der Waals surface area contributed by atoms with Gasteiger partial charge in [0.25, 0.3) is 0 Å². The molecule has 0 heterocycles. The first-order valence-electron chi connectivity index (χ1n) is 5.50.